The van der Waals surface area contributed by atoms with Gasteiger partial charge in [0.25, 0.3) is 5.91 Å². The first-order valence-corrected chi connectivity index (χ1v) is 6.91. The summed E-state index contributed by atoms with van der Waals surface area (Å²) in [4.78, 5) is 16.4. The molecule has 0 atom stereocenters. The first-order chi connectivity index (χ1) is 10.2. The Bertz CT molecular complexity index is 796. The van der Waals surface area contributed by atoms with Crippen LogP contribution in [0.5, 0.6) is 0 Å². The molecule has 104 valence electrons. The molecule has 0 aliphatic rings. The highest BCUT2D eigenvalue weighted by molar-refractivity contribution is 5.96. The highest BCUT2D eigenvalue weighted by Gasteiger charge is 2.08. The van der Waals surface area contributed by atoms with Crippen LogP contribution in [0.1, 0.15) is 21.6 Å². The minimum absolute atomic E-state index is 0.149. The number of nitrogens with zero attached hydrogens (tertiary/aromatic N) is 1. The van der Waals surface area contributed by atoms with Gasteiger partial charge in [0.15, 0.2) is 0 Å². The highest BCUT2D eigenvalue weighted by Crippen LogP contribution is 2.13. The van der Waals surface area contributed by atoms with E-state index < -0.39 is 0 Å². The minimum atomic E-state index is -0.149. The molecule has 2 aromatic carbocycles. The maximum atomic E-state index is 12.2. The van der Waals surface area contributed by atoms with Gasteiger partial charge in [0.1, 0.15) is 5.69 Å². The number of benzene rings is 2. The number of aryl methyl sites for hydroxylation is 1. The van der Waals surface area contributed by atoms with E-state index in [4.69, 9.17) is 0 Å². The lowest BCUT2D eigenvalue weighted by Crippen LogP contribution is -2.24. The van der Waals surface area contributed by atoms with Crippen LogP contribution in [0, 0.1) is 6.92 Å². The molecular formula is C18H16N2O. The zero-order valence-corrected chi connectivity index (χ0v) is 11.8. The van der Waals surface area contributed by atoms with Crippen LogP contribution in [-0.4, -0.2) is 10.9 Å². The third kappa shape index (κ3) is 2.92. The van der Waals surface area contributed by atoms with Gasteiger partial charge in [0, 0.05) is 18.1 Å². The van der Waals surface area contributed by atoms with Crippen molar-refractivity contribution in [1.82, 2.24) is 10.3 Å². The van der Waals surface area contributed by atoms with Crippen LogP contribution in [0.25, 0.3) is 10.8 Å². The van der Waals surface area contributed by atoms with E-state index in [2.05, 4.69) is 10.3 Å². The summed E-state index contributed by atoms with van der Waals surface area (Å²) in [5.74, 6) is -0.149. The Kier molecular flexibility index (Phi) is 3.65. The summed E-state index contributed by atoms with van der Waals surface area (Å²) in [6.07, 6.45) is 1.73. The monoisotopic (exact) mass is 276 g/mol. The van der Waals surface area contributed by atoms with Crippen molar-refractivity contribution in [1.29, 1.82) is 0 Å². The van der Waals surface area contributed by atoms with Gasteiger partial charge in [-0.2, -0.15) is 0 Å². The van der Waals surface area contributed by atoms with Gasteiger partial charge in [-0.15, -0.1) is 0 Å². The van der Waals surface area contributed by atoms with Crippen LogP contribution in [-0.2, 0) is 6.54 Å². The van der Waals surface area contributed by atoms with E-state index in [0.717, 1.165) is 16.3 Å². The number of aromatic nitrogens is 1. The normalized spacial score (nSPS) is 10.5. The summed E-state index contributed by atoms with van der Waals surface area (Å²) in [7, 11) is 0. The van der Waals surface area contributed by atoms with E-state index in [0.29, 0.717) is 12.2 Å². The fraction of sp³-hybridized carbons (Fsp3) is 0.111. The predicted molar refractivity (Wildman–Crippen MR) is 84.1 cm³/mol. The van der Waals surface area contributed by atoms with Crippen LogP contribution in [0.15, 0.2) is 60.8 Å². The smallest absolute Gasteiger partial charge is 0.270 e. The second-order valence-corrected chi connectivity index (χ2v) is 5.03. The standard InChI is InChI=1S/C18H16N2O/c1-13-6-2-3-8-15(13)11-20-18(21)17-10-14-7-4-5-9-16(14)12-19-17/h2-10,12H,11H2,1H3,(H,20,21). The third-order valence-electron chi connectivity index (χ3n) is 3.56. The van der Waals surface area contributed by atoms with Crippen molar-refractivity contribution in [2.24, 2.45) is 0 Å². The Balaban J connectivity index is 1.76. The number of hydrogen-bond donors (Lipinski definition) is 1. The predicted octanol–water partition coefficient (Wildman–Crippen LogP) is 3.47. The summed E-state index contributed by atoms with van der Waals surface area (Å²) in [5.41, 5.74) is 2.73. The van der Waals surface area contributed by atoms with Crippen LogP contribution in [0.3, 0.4) is 0 Å². The Morgan fingerprint density at radius 2 is 1.76 bits per heavy atom. The van der Waals surface area contributed by atoms with Gasteiger partial charge < -0.3 is 5.32 Å². The van der Waals surface area contributed by atoms with E-state index in [1.54, 1.807) is 6.20 Å². The van der Waals surface area contributed by atoms with Crippen molar-refractivity contribution in [2.75, 3.05) is 0 Å². The summed E-state index contributed by atoms with van der Waals surface area (Å²) in [6, 6.07) is 17.7. The molecule has 0 aliphatic carbocycles. The van der Waals surface area contributed by atoms with Gasteiger partial charge in [-0.1, -0.05) is 48.5 Å². The van der Waals surface area contributed by atoms with Gasteiger partial charge in [0.05, 0.1) is 0 Å². The highest BCUT2D eigenvalue weighted by atomic mass is 16.1. The molecule has 0 aliphatic heterocycles. The molecule has 0 bridgehead atoms. The maximum Gasteiger partial charge on any atom is 0.270 e. The molecule has 3 heteroatoms. The Morgan fingerprint density at radius 3 is 2.57 bits per heavy atom. The fourth-order valence-corrected chi connectivity index (χ4v) is 2.28. The van der Waals surface area contributed by atoms with Gasteiger partial charge in [-0.3, -0.25) is 9.78 Å². The van der Waals surface area contributed by atoms with Crippen LogP contribution < -0.4 is 5.32 Å². The minimum Gasteiger partial charge on any atom is -0.347 e. The molecule has 0 saturated heterocycles. The SMILES string of the molecule is Cc1ccccc1CNC(=O)c1cc2ccccc2cn1. The van der Waals surface area contributed by atoms with E-state index in [9.17, 15) is 4.79 Å². The van der Waals surface area contributed by atoms with Crippen molar-refractivity contribution in [3.63, 3.8) is 0 Å². The quantitative estimate of drug-likeness (QED) is 0.796. The average molecular weight is 276 g/mol. The van der Waals surface area contributed by atoms with E-state index in [1.807, 2.05) is 61.5 Å². The number of fused-ring (bicyclic) bond motifs is 1. The molecule has 1 aromatic heterocycles. The largest absolute Gasteiger partial charge is 0.347 e. The summed E-state index contributed by atoms with van der Waals surface area (Å²) >= 11 is 0. The zero-order chi connectivity index (χ0) is 14.7. The number of hydrogen-bond acceptors (Lipinski definition) is 2. The molecule has 0 spiro atoms. The Morgan fingerprint density at radius 1 is 1.05 bits per heavy atom. The van der Waals surface area contributed by atoms with Crippen molar-refractivity contribution in [3.8, 4) is 0 Å². The van der Waals surface area contributed by atoms with Crippen LogP contribution in [0.4, 0.5) is 0 Å². The maximum absolute atomic E-state index is 12.2. The number of nitrogens with one attached hydrogen (secondary N) is 1. The summed E-state index contributed by atoms with van der Waals surface area (Å²) < 4.78 is 0. The first kappa shape index (κ1) is 13.3. The molecular weight excluding hydrogens is 260 g/mol. The number of carbonyl (C=O) groups is 1. The molecule has 0 saturated carbocycles. The topological polar surface area (TPSA) is 42.0 Å². The number of amides is 1. The molecule has 21 heavy (non-hydrogen) atoms. The third-order valence-corrected chi connectivity index (χ3v) is 3.56. The van der Waals surface area contributed by atoms with Gasteiger partial charge >= 0.3 is 0 Å². The Labute approximate surface area is 123 Å². The summed E-state index contributed by atoms with van der Waals surface area (Å²) in [6.45, 7) is 2.55. The second kappa shape index (κ2) is 5.75. The second-order valence-electron chi connectivity index (χ2n) is 5.03. The molecule has 3 rings (SSSR count). The van der Waals surface area contributed by atoms with Crippen molar-refractivity contribution in [3.05, 3.63) is 77.6 Å². The molecule has 1 amide bonds. The lowest BCUT2D eigenvalue weighted by molar-refractivity contribution is 0.0946. The van der Waals surface area contributed by atoms with E-state index >= 15 is 0 Å². The lowest BCUT2D eigenvalue weighted by Gasteiger charge is -2.08. The molecule has 1 N–H and O–H groups in total. The molecule has 1 heterocycles. The molecule has 0 unspecified atom stereocenters. The van der Waals surface area contributed by atoms with Crippen LogP contribution in [0.2, 0.25) is 0 Å². The van der Waals surface area contributed by atoms with Crippen LogP contribution >= 0.6 is 0 Å². The van der Waals surface area contributed by atoms with Crippen molar-refractivity contribution in [2.45, 2.75) is 13.5 Å². The average Bonchev–Trinajstić information content (AvgIpc) is 2.53. The van der Waals surface area contributed by atoms with Crippen molar-refractivity contribution >= 4 is 16.7 Å². The zero-order valence-electron chi connectivity index (χ0n) is 11.8. The molecule has 3 aromatic rings. The number of carbonyl (C=O) groups excluding carboxylic acids is 1. The lowest BCUT2D eigenvalue weighted by atomic mass is 10.1. The molecule has 0 radical (unpaired) electrons. The molecule has 0 fully saturated rings. The van der Waals surface area contributed by atoms with Crippen molar-refractivity contribution < 1.29 is 4.79 Å². The fourth-order valence-electron chi connectivity index (χ4n) is 2.28. The van der Waals surface area contributed by atoms with Gasteiger partial charge in [-0.05, 0) is 29.5 Å². The summed E-state index contributed by atoms with van der Waals surface area (Å²) in [5, 5.41) is 4.98. The molecule has 3 nitrogen and oxygen atoms in total. The number of pyridine rings is 1. The van der Waals surface area contributed by atoms with E-state index in [-0.39, 0.29) is 5.91 Å². The van der Waals surface area contributed by atoms with Gasteiger partial charge in [-0.25, -0.2) is 0 Å². The Hall–Kier alpha value is -2.68. The first-order valence-electron chi connectivity index (χ1n) is 6.91. The van der Waals surface area contributed by atoms with Gasteiger partial charge in [0.2, 0.25) is 0 Å². The van der Waals surface area contributed by atoms with E-state index in [1.165, 1.54) is 5.56 Å². The number of rotatable bonds is 3.